The van der Waals surface area contributed by atoms with Crippen LogP contribution in [0.2, 0.25) is 10.0 Å². The fraction of sp³-hybridized carbons (Fsp3) is 0.462. The van der Waals surface area contributed by atoms with Crippen LogP contribution in [0.5, 0.6) is 0 Å². The topological polar surface area (TPSA) is 83.7 Å². The standard InChI is InChI=1S/C13H17Cl2N3O3S/c1-9(16)13(19)17-5-7-18(8-6-17)22(20,21)12-10(14)3-2-4-11(12)15/h2-4,9H,5-8,16H2,1H3. The molecule has 22 heavy (non-hydrogen) atoms. The van der Waals surface area contributed by atoms with Gasteiger partial charge in [0.05, 0.1) is 16.1 Å². The van der Waals surface area contributed by atoms with Crippen molar-refractivity contribution < 1.29 is 13.2 Å². The lowest BCUT2D eigenvalue weighted by Gasteiger charge is -2.35. The number of rotatable bonds is 3. The number of amides is 1. The minimum Gasteiger partial charge on any atom is -0.339 e. The molecule has 1 amide bonds. The highest BCUT2D eigenvalue weighted by Crippen LogP contribution is 2.31. The van der Waals surface area contributed by atoms with Crippen LogP contribution in [0.4, 0.5) is 0 Å². The first-order valence-electron chi connectivity index (χ1n) is 6.73. The van der Waals surface area contributed by atoms with E-state index in [4.69, 9.17) is 28.9 Å². The van der Waals surface area contributed by atoms with Crippen molar-refractivity contribution in [1.82, 2.24) is 9.21 Å². The zero-order chi connectivity index (χ0) is 16.5. The molecule has 122 valence electrons. The molecular weight excluding hydrogens is 349 g/mol. The molecule has 1 aromatic rings. The quantitative estimate of drug-likeness (QED) is 0.871. The number of carbonyl (C=O) groups excluding carboxylic acids is 1. The van der Waals surface area contributed by atoms with Crippen molar-refractivity contribution in [3.05, 3.63) is 28.2 Å². The summed E-state index contributed by atoms with van der Waals surface area (Å²) in [5.41, 5.74) is 5.56. The Morgan fingerprint density at radius 2 is 1.68 bits per heavy atom. The molecule has 0 spiro atoms. The van der Waals surface area contributed by atoms with E-state index in [-0.39, 0.29) is 33.9 Å². The number of carbonyl (C=O) groups is 1. The Hall–Kier alpha value is -0.860. The monoisotopic (exact) mass is 365 g/mol. The summed E-state index contributed by atoms with van der Waals surface area (Å²) < 4.78 is 26.6. The second-order valence-corrected chi connectivity index (χ2v) is 7.76. The van der Waals surface area contributed by atoms with Crippen LogP contribution < -0.4 is 5.73 Å². The summed E-state index contributed by atoms with van der Waals surface area (Å²) in [5.74, 6) is -0.187. The Bertz CT molecular complexity index is 651. The van der Waals surface area contributed by atoms with E-state index in [0.717, 1.165) is 0 Å². The summed E-state index contributed by atoms with van der Waals surface area (Å²) >= 11 is 12.0. The Balaban J connectivity index is 2.19. The van der Waals surface area contributed by atoms with Gasteiger partial charge in [-0.3, -0.25) is 4.79 Å². The van der Waals surface area contributed by atoms with Crippen molar-refractivity contribution in [1.29, 1.82) is 0 Å². The van der Waals surface area contributed by atoms with Crippen LogP contribution in [0, 0.1) is 0 Å². The minimum absolute atomic E-state index is 0.0848. The molecular formula is C13H17Cl2N3O3S. The van der Waals surface area contributed by atoms with Crippen LogP contribution in [0.15, 0.2) is 23.1 Å². The zero-order valence-electron chi connectivity index (χ0n) is 12.0. The first kappa shape index (κ1) is 17.5. The Morgan fingerprint density at radius 1 is 1.18 bits per heavy atom. The van der Waals surface area contributed by atoms with Gasteiger partial charge in [0.15, 0.2) is 0 Å². The van der Waals surface area contributed by atoms with Gasteiger partial charge in [-0.2, -0.15) is 4.31 Å². The van der Waals surface area contributed by atoms with E-state index in [1.807, 2.05) is 0 Å². The van der Waals surface area contributed by atoms with Crippen molar-refractivity contribution in [2.75, 3.05) is 26.2 Å². The third-order valence-electron chi connectivity index (χ3n) is 3.46. The molecule has 2 N–H and O–H groups in total. The van der Waals surface area contributed by atoms with Gasteiger partial charge in [0.2, 0.25) is 15.9 Å². The van der Waals surface area contributed by atoms with Crippen LogP contribution in [0.3, 0.4) is 0 Å². The SMILES string of the molecule is CC(N)C(=O)N1CCN(S(=O)(=O)c2c(Cl)cccc2Cl)CC1. The maximum Gasteiger partial charge on any atom is 0.246 e. The highest BCUT2D eigenvalue weighted by molar-refractivity contribution is 7.89. The van der Waals surface area contributed by atoms with E-state index in [2.05, 4.69) is 0 Å². The van der Waals surface area contributed by atoms with Crippen molar-refractivity contribution >= 4 is 39.1 Å². The lowest BCUT2D eigenvalue weighted by Crippen LogP contribution is -2.53. The molecule has 1 atom stereocenters. The van der Waals surface area contributed by atoms with Gasteiger partial charge in [-0.05, 0) is 19.1 Å². The van der Waals surface area contributed by atoms with Gasteiger partial charge in [-0.1, -0.05) is 29.3 Å². The smallest absolute Gasteiger partial charge is 0.246 e. The largest absolute Gasteiger partial charge is 0.339 e. The van der Waals surface area contributed by atoms with Crippen LogP contribution in [0.1, 0.15) is 6.92 Å². The zero-order valence-corrected chi connectivity index (χ0v) is 14.3. The molecule has 1 aromatic carbocycles. The number of hydrogen-bond acceptors (Lipinski definition) is 4. The van der Waals surface area contributed by atoms with Gasteiger partial charge in [0.1, 0.15) is 4.90 Å². The molecule has 0 saturated carbocycles. The molecule has 0 aromatic heterocycles. The normalized spacial score (nSPS) is 18.3. The number of benzene rings is 1. The van der Waals surface area contributed by atoms with Crippen molar-refractivity contribution in [2.24, 2.45) is 5.73 Å². The van der Waals surface area contributed by atoms with E-state index in [9.17, 15) is 13.2 Å². The molecule has 0 bridgehead atoms. The lowest BCUT2D eigenvalue weighted by atomic mass is 10.2. The maximum atomic E-state index is 12.7. The fourth-order valence-corrected chi connectivity index (χ4v) is 4.81. The second-order valence-electron chi connectivity index (χ2n) is 5.07. The Labute approximate surface area is 139 Å². The molecule has 1 heterocycles. The van der Waals surface area contributed by atoms with Crippen LogP contribution >= 0.6 is 23.2 Å². The third-order valence-corrected chi connectivity index (χ3v) is 6.31. The first-order chi connectivity index (χ1) is 10.2. The maximum absolute atomic E-state index is 12.7. The highest BCUT2D eigenvalue weighted by atomic mass is 35.5. The van der Waals surface area contributed by atoms with Crippen molar-refractivity contribution in [2.45, 2.75) is 17.9 Å². The van der Waals surface area contributed by atoms with Crippen LogP contribution in [0.25, 0.3) is 0 Å². The molecule has 1 saturated heterocycles. The number of nitrogens with two attached hydrogens (primary N) is 1. The molecule has 0 radical (unpaired) electrons. The lowest BCUT2D eigenvalue weighted by molar-refractivity contribution is -0.133. The van der Waals surface area contributed by atoms with Crippen LogP contribution in [-0.4, -0.2) is 55.8 Å². The summed E-state index contributed by atoms with van der Waals surface area (Å²) in [4.78, 5) is 13.3. The molecule has 0 aliphatic carbocycles. The van der Waals surface area contributed by atoms with Gasteiger partial charge < -0.3 is 10.6 Å². The first-order valence-corrected chi connectivity index (χ1v) is 8.93. The van der Waals surface area contributed by atoms with Gasteiger partial charge in [-0.25, -0.2) is 8.42 Å². The Kier molecular flexibility index (Phi) is 5.34. The summed E-state index contributed by atoms with van der Waals surface area (Å²) in [6.45, 7) is 2.56. The molecule has 1 aliphatic rings. The third kappa shape index (κ3) is 3.38. The van der Waals surface area contributed by atoms with Gasteiger partial charge >= 0.3 is 0 Å². The molecule has 1 aliphatic heterocycles. The van der Waals surface area contributed by atoms with E-state index >= 15 is 0 Å². The summed E-state index contributed by atoms with van der Waals surface area (Å²) in [5, 5.41) is 0.170. The van der Waals surface area contributed by atoms with E-state index in [1.54, 1.807) is 17.9 Å². The number of halogens is 2. The molecule has 1 fully saturated rings. The average Bonchev–Trinajstić information content (AvgIpc) is 2.46. The summed E-state index contributed by atoms with van der Waals surface area (Å²) in [7, 11) is -3.79. The van der Waals surface area contributed by atoms with Crippen molar-refractivity contribution in [3.63, 3.8) is 0 Å². The van der Waals surface area contributed by atoms with E-state index < -0.39 is 16.1 Å². The number of nitrogens with zero attached hydrogens (tertiary/aromatic N) is 2. The molecule has 6 nitrogen and oxygen atoms in total. The molecule has 2 rings (SSSR count). The van der Waals surface area contributed by atoms with Crippen LogP contribution in [-0.2, 0) is 14.8 Å². The number of piperazine rings is 1. The van der Waals surface area contributed by atoms with Gasteiger partial charge in [-0.15, -0.1) is 0 Å². The second kappa shape index (κ2) is 6.72. The fourth-order valence-electron chi connectivity index (χ4n) is 2.29. The molecule has 1 unspecified atom stereocenters. The van der Waals surface area contributed by atoms with E-state index in [1.165, 1.54) is 16.4 Å². The predicted molar refractivity (Wildman–Crippen MR) is 85.5 cm³/mol. The number of sulfonamides is 1. The average molecular weight is 366 g/mol. The Morgan fingerprint density at radius 3 is 2.14 bits per heavy atom. The summed E-state index contributed by atoms with van der Waals surface area (Å²) in [6.07, 6.45) is 0. The predicted octanol–water partition coefficient (Wildman–Crippen LogP) is 1.17. The number of hydrogen-bond donors (Lipinski definition) is 1. The van der Waals surface area contributed by atoms with Gasteiger partial charge in [0, 0.05) is 26.2 Å². The van der Waals surface area contributed by atoms with Crippen molar-refractivity contribution in [3.8, 4) is 0 Å². The highest BCUT2D eigenvalue weighted by Gasteiger charge is 2.33. The van der Waals surface area contributed by atoms with E-state index in [0.29, 0.717) is 13.1 Å². The van der Waals surface area contributed by atoms with Gasteiger partial charge in [0.25, 0.3) is 0 Å². The summed E-state index contributed by atoms with van der Waals surface area (Å²) in [6, 6.07) is 3.95. The minimum atomic E-state index is -3.79. The molecule has 9 heteroatoms.